The molecule has 3 heteroatoms. The largest absolute Gasteiger partial charge is 0.508 e. The van der Waals surface area contributed by atoms with Crippen LogP contribution in [0.25, 0.3) is 22.1 Å². The van der Waals surface area contributed by atoms with E-state index in [1.165, 1.54) is 0 Å². The van der Waals surface area contributed by atoms with Gasteiger partial charge in [0.2, 0.25) is 0 Å². The summed E-state index contributed by atoms with van der Waals surface area (Å²) in [6.07, 6.45) is 0. The molecule has 1 aromatic heterocycles. The first-order valence-corrected chi connectivity index (χ1v) is 5.10. The summed E-state index contributed by atoms with van der Waals surface area (Å²) in [6, 6.07) is 11.2. The molecule has 0 aliphatic rings. The van der Waals surface area contributed by atoms with Crippen LogP contribution in [0, 0.1) is 6.92 Å². The Hall–Kier alpha value is -2.16. The summed E-state index contributed by atoms with van der Waals surface area (Å²) in [5, 5.41) is 9.62. The summed E-state index contributed by atoms with van der Waals surface area (Å²) in [5.74, 6) is 0.261. The van der Waals surface area contributed by atoms with Crippen LogP contribution < -0.4 is 0 Å². The van der Waals surface area contributed by atoms with Crippen molar-refractivity contribution in [1.82, 2.24) is 9.97 Å². The summed E-state index contributed by atoms with van der Waals surface area (Å²) in [6.45, 7) is 1.85. The molecule has 0 spiro atoms. The highest BCUT2D eigenvalue weighted by atomic mass is 16.3. The van der Waals surface area contributed by atoms with Gasteiger partial charge in [0.1, 0.15) is 5.75 Å². The van der Waals surface area contributed by atoms with Crippen molar-refractivity contribution in [3.63, 3.8) is 0 Å². The third kappa shape index (κ3) is 1.29. The van der Waals surface area contributed by atoms with Crippen molar-refractivity contribution in [3.8, 4) is 5.75 Å². The van der Waals surface area contributed by atoms with Gasteiger partial charge in [-0.3, -0.25) is 0 Å². The highest BCUT2D eigenvalue weighted by Gasteiger charge is 2.04. The molecule has 3 aromatic rings. The van der Waals surface area contributed by atoms with E-state index in [-0.39, 0.29) is 5.75 Å². The molecule has 0 aliphatic heterocycles. The van der Waals surface area contributed by atoms with E-state index in [0.29, 0.717) is 0 Å². The van der Waals surface area contributed by atoms with Crippen LogP contribution >= 0.6 is 0 Å². The molecule has 0 radical (unpaired) electrons. The number of aromatic nitrogens is 2. The van der Waals surface area contributed by atoms with E-state index in [2.05, 4.69) is 9.97 Å². The van der Waals surface area contributed by atoms with Crippen molar-refractivity contribution in [1.29, 1.82) is 0 Å². The molecule has 1 N–H and O–H groups in total. The molecule has 0 saturated heterocycles. The number of phenolic OH excluding ortho intramolecular Hbond substituents is 1. The molecule has 78 valence electrons. The predicted molar refractivity (Wildman–Crippen MR) is 63.4 cm³/mol. The molecule has 2 aromatic carbocycles. The summed E-state index contributed by atoms with van der Waals surface area (Å²) in [4.78, 5) is 8.96. The number of fused-ring (bicyclic) bond motifs is 2. The van der Waals surface area contributed by atoms with Crippen LogP contribution in [0.5, 0.6) is 5.75 Å². The monoisotopic (exact) mass is 210 g/mol. The van der Waals surface area contributed by atoms with Gasteiger partial charge in [0, 0.05) is 6.07 Å². The average molecular weight is 210 g/mol. The Bertz CT molecular complexity index is 632. The number of hydrogen-bond acceptors (Lipinski definition) is 3. The number of aryl methyl sites for hydroxylation is 1. The van der Waals surface area contributed by atoms with Crippen LogP contribution in [-0.2, 0) is 0 Å². The normalized spacial score (nSPS) is 11.1. The van der Waals surface area contributed by atoms with Crippen molar-refractivity contribution >= 4 is 22.1 Å². The third-order valence-electron chi connectivity index (χ3n) is 2.66. The number of rotatable bonds is 0. The van der Waals surface area contributed by atoms with E-state index in [1.54, 1.807) is 6.07 Å². The SMILES string of the molecule is Cc1cc2nc3ccccc3nc2cc1O. The molecule has 0 amide bonds. The number of phenols is 1. The minimum atomic E-state index is 0.261. The first-order valence-electron chi connectivity index (χ1n) is 5.10. The van der Waals surface area contributed by atoms with Crippen LogP contribution in [0.1, 0.15) is 5.56 Å². The number of hydrogen-bond donors (Lipinski definition) is 1. The first-order chi connectivity index (χ1) is 7.74. The lowest BCUT2D eigenvalue weighted by atomic mass is 10.2. The van der Waals surface area contributed by atoms with Crippen molar-refractivity contribution in [3.05, 3.63) is 42.0 Å². The van der Waals surface area contributed by atoms with Gasteiger partial charge in [-0.2, -0.15) is 0 Å². The standard InChI is InChI=1S/C13H10N2O/c1-8-6-11-12(7-13(8)16)15-10-5-3-2-4-9(10)14-11/h2-7,16H,1H3. The second-order valence-corrected chi connectivity index (χ2v) is 3.84. The summed E-state index contributed by atoms with van der Waals surface area (Å²) in [5.41, 5.74) is 4.08. The third-order valence-corrected chi connectivity index (χ3v) is 2.66. The molecule has 1 heterocycles. The lowest BCUT2D eigenvalue weighted by Crippen LogP contribution is -1.88. The smallest absolute Gasteiger partial charge is 0.120 e. The van der Waals surface area contributed by atoms with Gasteiger partial charge in [-0.15, -0.1) is 0 Å². The number of nitrogens with zero attached hydrogens (tertiary/aromatic N) is 2. The van der Waals surface area contributed by atoms with Crippen LogP contribution in [0.15, 0.2) is 36.4 Å². The van der Waals surface area contributed by atoms with Gasteiger partial charge in [0.05, 0.1) is 22.1 Å². The maximum atomic E-state index is 9.62. The van der Waals surface area contributed by atoms with E-state index in [9.17, 15) is 5.11 Å². The quantitative estimate of drug-likeness (QED) is 0.580. The van der Waals surface area contributed by atoms with E-state index >= 15 is 0 Å². The van der Waals surface area contributed by atoms with Crippen LogP contribution in [0.2, 0.25) is 0 Å². The van der Waals surface area contributed by atoms with E-state index in [1.807, 2.05) is 37.3 Å². The van der Waals surface area contributed by atoms with Gasteiger partial charge in [-0.25, -0.2) is 9.97 Å². The number of benzene rings is 2. The summed E-state index contributed by atoms with van der Waals surface area (Å²) >= 11 is 0. The maximum absolute atomic E-state index is 9.62. The zero-order valence-corrected chi connectivity index (χ0v) is 8.81. The van der Waals surface area contributed by atoms with Crippen molar-refractivity contribution in [2.24, 2.45) is 0 Å². The fourth-order valence-electron chi connectivity index (χ4n) is 1.76. The zero-order valence-electron chi connectivity index (χ0n) is 8.81. The first kappa shape index (κ1) is 9.09. The van der Waals surface area contributed by atoms with Gasteiger partial charge in [-0.05, 0) is 30.7 Å². The van der Waals surface area contributed by atoms with Crippen molar-refractivity contribution in [2.75, 3.05) is 0 Å². The van der Waals surface area contributed by atoms with Gasteiger partial charge >= 0.3 is 0 Å². The average Bonchev–Trinajstić information content (AvgIpc) is 2.28. The topological polar surface area (TPSA) is 46.0 Å². The second kappa shape index (κ2) is 3.17. The van der Waals surface area contributed by atoms with Gasteiger partial charge < -0.3 is 5.11 Å². The minimum Gasteiger partial charge on any atom is -0.508 e. The number of aromatic hydroxyl groups is 1. The van der Waals surface area contributed by atoms with Gasteiger partial charge in [0.25, 0.3) is 0 Å². The fraction of sp³-hybridized carbons (Fsp3) is 0.0769. The zero-order chi connectivity index (χ0) is 11.1. The Balaban J connectivity index is 2.46. The van der Waals surface area contributed by atoms with Crippen LogP contribution in [0.4, 0.5) is 0 Å². The molecule has 0 bridgehead atoms. The summed E-state index contributed by atoms with van der Waals surface area (Å²) < 4.78 is 0. The van der Waals surface area contributed by atoms with E-state index in [4.69, 9.17) is 0 Å². The van der Waals surface area contributed by atoms with Crippen LogP contribution in [-0.4, -0.2) is 15.1 Å². The predicted octanol–water partition coefficient (Wildman–Crippen LogP) is 2.80. The molecule has 0 saturated carbocycles. The Morgan fingerprint density at radius 3 is 2.06 bits per heavy atom. The van der Waals surface area contributed by atoms with E-state index < -0.39 is 0 Å². The highest BCUT2D eigenvalue weighted by Crippen LogP contribution is 2.23. The van der Waals surface area contributed by atoms with Gasteiger partial charge in [0.15, 0.2) is 0 Å². The second-order valence-electron chi connectivity index (χ2n) is 3.84. The molecule has 16 heavy (non-hydrogen) atoms. The molecule has 3 rings (SSSR count). The molecule has 3 nitrogen and oxygen atoms in total. The highest BCUT2D eigenvalue weighted by molar-refractivity contribution is 5.87. The van der Waals surface area contributed by atoms with E-state index in [0.717, 1.165) is 27.6 Å². The minimum absolute atomic E-state index is 0.261. The summed E-state index contributed by atoms with van der Waals surface area (Å²) in [7, 11) is 0. The Morgan fingerprint density at radius 2 is 1.44 bits per heavy atom. The van der Waals surface area contributed by atoms with Crippen molar-refractivity contribution < 1.29 is 5.11 Å². The Morgan fingerprint density at radius 1 is 0.875 bits per heavy atom. The fourth-order valence-corrected chi connectivity index (χ4v) is 1.76. The van der Waals surface area contributed by atoms with Crippen molar-refractivity contribution in [2.45, 2.75) is 6.92 Å². The molecule has 0 fully saturated rings. The molecular weight excluding hydrogens is 200 g/mol. The van der Waals surface area contributed by atoms with Gasteiger partial charge in [-0.1, -0.05) is 12.1 Å². The lowest BCUT2D eigenvalue weighted by Gasteiger charge is -2.03. The Kier molecular flexibility index (Phi) is 1.80. The molecular formula is C13H10N2O. The molecule has 0 atom stereocenters. The molecule has 0 aliphatic carbocycles. The Labute approximate surface area is 92.4 Å². The molecule has 0 unspecified atom stereocenters. The maximum Gasteiger partial charge on any atom is 0.120 e. The van der Waals surface area contributed by atoms with Crippen LogP contribution in [0.3, 0.4) is 0 Å². The lowest BCUT2D eigenvalue weighted by molar-refractivity contribution is 0.472. The number of para-hydroxylation sites is 2.